The third-order valence-electron chi connectivity index (χ3n) is 16.6. The van der Waals surface area contributed by atoms with Gasteiger partial charge in [0.15, 0.2) is 0 Å². The van der Waals surface area contributed by atoms with Crippen LogP contribution < -0.4 is 5.32 Å². The molecule has 6 rings (SSSR count). The Kier molecular flexibility index (Phi) is 12.0. The van der Waals surface area contributed by atoms with Crippen LogP contribution in [0.3, 0.4) is 0 Å². The quantitative estimate of drug-likeness (QED) is 0.223. The predicted molar refractivity (Wildman–Crippen MR) is 211 cm³/mol. The molecule has 0 aromatic rings. The van der Waals surface area contributed by atoms with Crippen LogP contribution in [0.25, 0.3) is 0 Å². The van der Waals surface area contributed by atoms with Crippen molar-refractivity contribution in [1.29, 1.82) is 0 Å². The smallest absolute Gasteiger partial charge is 0.303 e. The molecule has 1 heterocycles. The van der Waals surface area contributed by atoms with Crippen molar-refractivity contribution < 1.29 is 9.90 Å². The number of carbonyl (C=O) groups is 1. The number of rotatable bonds is 10. The van der Waals surface area contributed by atoms with E-state index in [0.29, 0.717) is 21.8 Å². The minimum atomic E-state index is -0.666. The zero-order valence-electron chi connectivity index (χ0n) is 33.4. The molecule has 4 nitrogen and oxygen atoms in total. The number of carboxylic acid groups (broad SMARTS) is 1. The minimum Gasteiger partial charge on any atom is -0.481 e. The first-order chi connectivity index (χ1) is 23.0. The normalized spacial score (nSPS) is 40.5. The van der Waals surface area contributed by atoms with Crippen LogP contribution in [0, 0.1) is 50.7 Å². The first kappa shape index (κ1) is 39.4. The van der Waals surface area contributed by atoms with E-state index in [-0.39, 0.29) is 17.3 Å². The van der Waals surface area contributed by atoms with Crippen molar-refractivity contribution in [2.24, 2.45) is 50.7 Å². The number of allylic oxidation sites excluding steroid dienone is 3. The van der Waals surface area contributed by atoms with Gasteiger partial charge in [-0.2, -0.15) is 11.8 Å². The Hall–Kier alpha value is -0.780. The first-order valence-corrected chi connectivity index (χ1v) is 21.8. The van der Waals surface area contributed by atoms with Crippen LogP contribution in [0.15, 0.2) is 24.3 Å². The molecule has 6 unspecified atom stereocenters. The Morgan fingerprint density at radius 3 is 2.33 bits per heavy atom. The monoisotopic (exact) mass is 697 g/mol. The molecule has 5 heteroatoms. The third-order valence-corrected chi connectivity index (χ3v) is 17.7. The number of piperidine rings is 1. The first-order valence-electron chi connectivity index (χ1n) is 20.5. The molecule has 1 aliphatic heterocycles. The topological polar surface area (TPSA) is 52.6 Å². The molecule has 2 N–H and O–H groups in total. The lowest BCUT2D eigenvalue weighted by atomic mass is 9.33. The van der Waals surface area contributed by atoms with Gasteiger partial charge in [-0.05, 0) is 160 Å². The maximum atomic E-state index is 11.5. The second kappa shape index (κ2) is 14.9. The molecule has 0 radical (unpaired) electrons. The van der Waals surface area contributed by atoms with Crippen LogP contribution in [0.4, 0.5) is 0 Å². The highest BCUT2D eigenvalue weighted by Gasteiger charge is 2.69. The van der Waals surface area contributed by atoms with Crippen molar-refractivity contribution in [3.05, 3.63) is 24.3 Å². The highest BCUT2D eigenvalue weighted by molar-refractivity contribution is 7.99. The number of hydrogen-bond donors (Lipinski definition) is 2. The van der Waals surface area contributed by atoms with Gasteiger partial charge in [0, 0.05) is 23.9 Å². The number of likely N-dealkylation sites (tertiary alicyclic amines) is 1. The lowest BCUT2D eigenvalue weighted by Gasteiger charge is -2.72. The van der Waals surface area contributed by atoms with E-state index >= 15 is 0 Å². The Morgan fingerprint density at radius 2 is 1.67 bits per heavy atom. The van der Waals surface area contributed by atoms with Crippen molar-refractivity contribution in [2.45, 2.75) is 162 Å². The summed E-state index contributed by atoms with van der Waals surface area (Å²) < 4.78 is 0. The zero-order valence-corrected chi connectivity index (χ0v) is 34.2. The lowest BCUT2D eigenvalue weighted by molar-refractivity contribution is -0.219. The Labute approximate surface area is 306 Å². The molecule has 4 saturated carbocycles. The van der Waals surface area contributed by atoms with Crippen LogP contribution in [0.1, 0.15) is 152 Å². The highest BCUT2D eigenvalue weighted by Crippen LogP contribution is 2.76. The molecule has 0 amide bonds. The van der Waals surface area contributed by atoms with Gasteiger partial charge in [-0.15, -0.1) is 6.58 Å². The van der Waals surface area contributed by atoms with Crippen LogP contribution in [-0.4, -0.2) is 59.2 Å². The van der Waals surface area contributed by atoms with Crippen molar-refractivity contribution in [2.75, 3.05) is 32.4 Å². The maximum Gasteiger partial charge on any atom is 0.303 e. The largest absolute Gasteiger partial charge is 0.481 e. The molecule has 6 aliphatic rings. The summed E-state index contributed by atoms with van der Waals surface area (Å²) in [4.78, 5) is 14.2. The number of hydrogen-bond acceptors (Lipinski definition) is 4. The van der Waals surface area contributed by atoms with E-state index in [1.54, 1.807) is 11.6 Å². The fraction of sp³-hybridized carbons (Fsp3) is 0.886. The van der Waals surface area contributed by atoms with Gasteiger partial charge in [0.1, 0.15) is 0 Å². The van der Waals surface area contributed by atoms with Gasteiger partial charge in [-0.1, -0.05) is 72.6 Å². The molecule has 280 valence electrons. The molecule has 0 aromatic heterocycles. The van der Waals surface area contributed by atoms with Gasteiger partial charge in [0.2, 0.25) is 0 Å². The number of nitrogens with zero attached hydrogens (tertiary/aromatic N) is 1. The summed E-state index contributed by atoms with van der Waals surface area (Å²) in [7, 11) is 0. The fourth-order valence-corrected chi connectivity index (χ4v) is 14.4. The Bertz CT molecular complexity index is 1200. The highest BCUT2D eigenvalue weighted by atomic mass is 32.2. The van der Waals surface area contributed by atoms with Gasteiger partial charge in [-0.25, -0.2) is 0 Å². The van der Waals surface area contributed by atoms with Crippen molar-refractivity contribution in [1.82, 2.24) is 10.2 Å². The summed E-state index contributed by atoms with van der Waals surface area (Å²) in [5, 5.41) is 14.7. The number of nitrogens with one attached hydrogen (secondary N) is 1. The molecule has 49 heavy (non-hydrogen) atoms. The summed E-state index contributed by atoms with van der Waals surface area (Å²) in [5.41, 5.74) is 3.26. The van der Waals surface area contributed by atoms with Gasteiger partial charge in [0.05, 0.1) is 6.42 Å². The van der Waals surface area contributed by atoms with Gasteiger partial charge in [-0.3, -0.25) is 4.79 Å². The molecule has 0 aromatic carbocycles. The third kappa shape index (κ3) is 7.27. The lowest BCUT2D eigenvalue weighted by Crippen LogP contribution is -2.67. The summed E-state index contributed by atoms with van der Waals surface area (Å²) >= 11 is 2.07. The van der Waals surface area contributed by atoms with Crippen molar-refractivity contribution in [3.8, 4) is 0 Å². The van der Waals surface area contributed by atoms with E-state index in [0.717, 1.165) is 41.8 Å². The number of carboxylic acids is 1. The molecular weight excluding hydrogens is 621 g/mol. The van der Waals surface area contributed by atoms with Crippen LogP contribution in [0.2, 0.25) is 0 Å². The molecule has 0 bridgehead atoms. The molecule has 1 saturated heterocycles. The van der Waals surface area contributed by atoms with Crippen molar-refractivity contribution in [3.63, 3.8) is 0 Å². The summed E-state index contributed by atoms with van der Waals surface area (Å²) in [5.74, 6) is 2.58. The molecule has 8 atom stereocenters. The minimum absolute atomic E-state index is 0.155. The Balaban J connectivity index is 0.00000151. The summed E-state index contributed by atoms with van der Waals surface area (Å²) in [6.07, 6.45) is 25.6. The van der Waals surface area contributed by atoms with E-state index in [9.17, 15) is 9.90 Å². The molecular formula is C44H76N2O2S. The SMILES string of the molecule is C=CC.CSC1CCN(CCNC23CCC[C@@H]2C2CCC4C5(C)CC=C(CCC(C)(C)CC(=O)O)C(C)(C)C5CCC4(C)[C@]2(C)CC3)CC1. The van der Waals surface area contributed by atoms with Gasteiger partial charge in [0.25, 0.3) is 0 Å². The second-order valence-corrected chi connectivity index (χ2v) is 21.0. The molecule has 5 aliphatic carbocycles. The van der Waals surface area contributed by atoms with E-state index in [1.807, 2.05) is 6.92 Å². The second-order valence-electron chi connectivity index (χ2n) is 19.8. The maximum absolute atomic E-state index is 11.5. The molecule has 0 spiro atoms. The van der Waals surface area contributed by atoms with E-state index in [2.05, 4.69) is 89.4 Å². The molecule has 5 fully saturated rings. The van der Waals surface area contributed by atoms with E-state index < -0.39 is 5.97 Å². The van der Waals surface area contributed by atoms with Crippen LogP contribution in [-0.2, 0) is 4.79 Å². The zero-order chi connectivity index (χ0) is 35.9. The number of thioether (sulfide) groups is 1. The van der Waals surface area contributed by atoms with Crippen molar-refractivity contribution >= 4 is 17.7 Å². The average Bonchev–Trinajstić information content (AvgIpc) is 3.45. The fourth-order valence-electron chi connectivity index (χ4n) is 13.8. The summed E-state index contributed by atoms with van der Waals surface area (Å²) in [6, 6.07) is 0. The van der Waals surface area contributed by atoms with Gasteiger partial charge >= 0.3 is 5.97 Å². The average molecular weight is 697 g/mol. The van der Waals surface area contributed by atoms with Crippen LogP contribution >= 0.6 is 11.8 Å². The standard InChI is InChI=1S/C41H70N2O2S.C3H6/c1-36(2,28-35(44)45)19-13-29-14-20-38(5)33(37(29,3)4)15-21-40(7)34(38)12-11-31-32-10-9-18-41(32,23-22-39(31,40)6)42-24-27-43-25-16-30(46-8)17-26-43;1-3-2/h14,30-34,42H,9-13,15-28H2,1-8H3,(H,44,45);3H,1H2,2H3/t31?,32-,33?,34?,38?,39-,40?,41?;/m1./s1. The van der Waals surface area contributed by atoms with E-state index in [4.69, 9.17) is 0 Å². The summed E-state index contributed by atoms with van der Waals surface area (Å²) in [6.45, 7) is 27.9. The number of aliphatic carboxylic acids is 1. The predicted octanol–water partition coefficient (Wildman–Crippen LogP) is 11.0. The van der Waals surface area contributed by atoms with E-state index in [1.165, 1.54) is 103 Å². The van der Waals surface area contributed by atoms with Gasteiger partial charge < -0.3 is 15.3 Å². The number of fused-ring (bicyclic) bond motifs is 7. The Morgan fingerprint density at radius 1 is 0.980 bits per heavy atom. The van der Waals surface area contributed by atoms with Crippen LogP contribution in [0.5, 0.6) is 0 Å².